The Kier molecular flexibility index (Phi) is 3.60. The average Bonchev–Trinajstić information content (AvgIpc) is 3.31. The van der Waals surface area contributed by atoms with Crippen molar-refractivity contribution in [2.24, 2.45) is 14.1 Å². The molecular formula is C20H21N7. The molecule has 0 saturated heterocycles. The molecule has 3 aromatic heterocycles. The summed E-state index contributed by atoms with van der Waals surface area (Å²) in [6.07, 6.45) is 4.30. The molecule has 0 amide bonds. The lowest BCUT2D eigenvalue weighted by Crippen LogP contribution is -2.05. The highest BCUT2D eigenvalue weighted by Gasteiger charge is 2.23. The fourth-order valence-electron chi connectivity index (χ4n) is 3.21. The largest absolute Gasteiger partial charge is 0.382 e. The van der Waals surface area contributed by atoms with E-state index in [0.29, 0.717) is 6.04 Å². The van der Waals surface area contributed by atoms with Gasteiger partial charge in [-0.15, -0.1) is 0 Å². The third-order valence-corrected chi connectivity index (χ3v) is 4.85. The zero-order valence-electron chi connectivity index (χ0n) is 15.3. The molecule has 7 nitrogen and oxygen atoms in total. The van der Waals surface area contributed by atoms with Crippen molar-refractivity contribution in [3.05, 3.63) is 48.7 Å². The molecule has 0 radical (unpaired) electrons. The molecule has 0 bridgehead atoms. The molecule has 27 heavy (non-hydrogen) atoms. The first-order chi connectivity index (χ1) is 13.2. The van der Waals surface area contributed by atoms with E-state index in [2.05, 4.69) is 39.0 Å². The fraction of sp³-hybridized carbons (Fsp3) is 0.250. The molecule has 1 aliphatic carbocycles. The van der Waals surface area contributed by atoms with E-state index in [-0.39, 0.29) is 0 Å². The predicted molar refractivity (Wildman–Crippen MR) is 107 cm³/mol. The van der Waals surface area contributed by atoms with Gasteiger partial charge in [-0.1, -0.05) is 30.3 Å². The van der Waals surface area contributed by atoms with Crippen LogP contribution in [-0.2, 0) is 14.1 Å². The average molecular weight is 359 g/mol. The van der Waals surface area contributed by atoms with Crippen LogP contribution in [0.4, 0.5) is 17.3 Å². The van der Waals surface area contributed by atoms with Crippen molar-refractivity contribution in [2.75, 3.05) is 10.6 Å². The van der Waals surface area contributed by atoms with Gasteiger partial charge in [0.1, 0.15) is 11.6 Å². The van der Waals surface area contributed by atoms with Gasteiger partial charge in [0, 0.05) is 37.8 Å². The normalized spacial score (nSPS) is 13.9. The SMILES string of the molecule is Cn1nc(-c2ccccc2)cc1Nc1cc(NC2CC2)c2cnn(C)c2n1. The first-order valence-electron chi connectivity index (χ1n) is 9.13. The van der Waals surface area contributed by atoms with Crippen LogP contribution in [0.2, 0.25) is 0 Å². The number of rotatable bonds is 5. The van der Waals surface area contributed by atoms with Crippen molar-refractivity contribution in [2.45, 2.75) is 18.9 Å². The molecule has 2 N–H and O–H groups in total. The second-order valence-electron chi connectivity index (χ2n) is 7.01. The third-order valence-electron chi connectivity index (χ3n) is 4.85. The summed E-state index contributed by atoms with van der Waals surface area (Å²) in [6.45, 7) is 0. The van der Waals surface area contributed by atoms with Crippen LogP contribution in [0.1, 0.15) is 12.8 Å². The van der Waals surface area contributed by atoms with Gasteiger partial charge < -0.3 is 10.6 Å². The maximum Gasteiger partial charge on any atom is 0.161 e. The van der Waals surface area contributed by atoms with E-state index in [9.17, 15) is 0 Å². The van der Waals surface area contributed by atoms with Crippen LogP contribution in [0.3, 0.4) is 0 Å². The van der Waals surface area contributed by atoms with Crippen molar-refractivity contribution in [1.82, 2.24) is 24.5 Å². The lowest BCUT2D eigenvalue weighted by Gasteiger charge is -2.11. The first-order valence-corrected chi connectivity index (χ1v) is 9.13. The molecule has 1 aromatic carbocycles. The number of aryl methyl sites for hydroxylation is 2. The third kappa shape index (κ3) is 3.01. The number of nitrogens with zero attached hydrogens (tertiary/aromatic N) is 5. The van der Waals surface area contributed by atoms with E-state index in [1.807, 2.05) is 49.2 Å². The molecule has 5 rings (SSSR count). The summed E-state index contributed by atoms with van der Waals surface area (Å²) in [5.41, 5.74) is 3.95. The quantitative estimate of drug-likeness (QED) is 0.569. The molecule has 4 aromatic rings. The molecule has 1 fully saturated rings. The van der Waals surface area contributed by atoms with Crippen LogP contribution >= 0.6 is 0 Å². The first kappa shape index (κ1) is 15.9. The van der Waals surface area contributed by atoms with Crippen LogP contribution in [0, 0.1) is 0 Å². The van der Waals surface area contributed by atoms with Gasteiger partial charge in [0.15, 0.2) is 5.65 Å². The lowest BCUT2D eigenvalue weighted by molar-refractivity contribution is 0.777. The minimum Gasteiger partial charge on any atom is -0.382 e. The standard InChI is InChI=1S/C20H21N7/c1-26-19(11-16(25-26)13-6-4-3-5-7-13)23-18-10-17(22-14-8-9-14)15-12-21-27(2)20(15)24-18/h3-7,10-12,14H,8-9H2,1-2H3,(H2,22,23,24). The minimum absolute atomic E-state index is 0.560. The predicted octanol–water partition coefficient (Wildman–Crippen LogP) is 3.69. The number of anilines is 3. The summed E-state index contributed by atoms with van der Waals surface area (Å²) < 4.78 is 3.64. The summed E-state index contributed by atoms with van der Waals surface area (Å²) in [4.78, 5) is 4.75. The topological polar surface area (TPSA) is 72.6 Å². The van der Waals surface area contributed by atoms with Crippen LogP contribution in [-0.4, -0.2) is 30.6 Å². The van der Waals surface area contributed by atoms with Gasteiger partial charge >= 0.3 is 0 Å². The summed E-state index contributed by atoms with van der Waals surface area (Å²) in [5, 5.41) is 17.0. The Morgan fingerprint density at radius 1 is 1.04 bits per heavy atom. The van der Waals surface area contributed by atoms with Crippen molar-refractivity contribution in [1.29, 1.82) is 0 Å². The second kappa shape index (κ2) is 6.12. The van der Waals surface area contributed by atoms with Crippen molar-refractivity contribution >= 4 is 28.4 Å². The Bertz CT molecular complexity index is 1110. The van der Waals surface area contributed by atoms with Crippen LogP contribution in [0.15, 0.2) is 48.7 Å². The van der Waals surface area contributed by atoms with Crippen molar-refractivity contribution in [3.63, 3.8) is 0 Å². The molecule has 0 atom stereocenters. The molecule has 3 heterocycles. The zero-order chi connectivity index (χ0) is 18.4. The van der Waals surface area contributed by atoms with Gasteiger partial charge in [-0.3, -0.25) is 9.36 Å². The van der Waals surface area contributed by atoms with Gasteiger partial charge in [0.05, 0.1) is 23.0 Å². The van der Waals surface area contributed by atoms with Gasteiger partial charge in [-0.2, -0.15) is 10.2 Å². The van der Waals surface area contributed by atoms with Gasteiger partial charge in [0.25, 0.3) is 0 Å². The number of hydrogen-bond donors (Lipinski definition) is 2. The Labute approximate surface area is 157 Å². The van der Waals surface area contributed by atoms with E-state index in [4.69, 9.17) is 4.98 Å². The summed E-state index contributed by atoms with van der Waals surface area (Å²) in [7, 11) is 3.85. The maximum absolute atomic E-state index is 4.75. The summed E-state index contributed by atoms with van der Waals surface area (Å²) in [5.74, 6) is 1.66. The van der Waals surface area contributed by atoms with Crippen molar-refractivity contribution < 1.29 is 0 Å². The fourth-order valence-corrected chi connectivity index (χ4v) is 3.21. The van der Waals surface area contributed by atoms with E-state index in [0.717, 1.165) is 39.6 Å². The van der Waals surface area contributed by atoms with Crippen LogP contribution in [0.25, 0.3) is 22.3 Å². The van der Waals surface area contributed by atoms with E-state index < -0.39 is 0 Å². The maximum atomic E-state index is 4.75. The molecule has 0 aliphatic heterocycles. The monoisotopic (exact) mass is 359 g/mol. The van der Waals surface area contributed by atoms with Crippen LogP contribution < -0.4 is 10.6 Å². The Morgan fingerprint density at radius 3 is 2.63 bits per heavy atom. The highest BCUT2D eigenvalue weighted by Crippen LogP contribution is 2.32. The van der Waals surface area contributed by atoms with E-state index in [1.165, 1.54) is 12.8 Å². The molecule has 1 aliphatic rings. The molecule has 0 unspecified atom stereocenters. The number of pyridine rings is 1. The zero-order valence-corrected chi connectivity index (χ0v) is 15.3. The van der Waals surface area contributed by atoms with E-state index in [1.54, 1.807) is 4.68 Å². The second-order valence-corrected chi connectivity index (χ2v) is 7.01. The number of aromatic nitrogens is 5. The highest BCUT2D eigenvalue weighted by molar-refractivity contribution is 5.91. The Hall–Kier alpha value is -3.35. The van der Waals surface area contributed by atoms with Gasteiger partial charge in [-0.25, -0.2) is 4.98 Å². The summed E-state index contributed by atoms with van der Waals surface area (Å²) in [6, 6.07) is 14.8. The smallest absolute Gasteiger partial charge is 0.161 e. The Balaban J connectivity index is 1.51. The molecule has 136 valence electrons. The van der Waals surface area contributed by atoms with Gasteiger partial charge in [-0.05, 0) is 12.8 Å². The number of benzene rings is 1. The molecule has 0 spiro atoms. The molecule has 7 heteroatoms. The lowest BCUT2D eigenvalue weighted by atomic mass is 10.1. The van der Waals surface area contributed by atoms with Gasteiger partial charge in [0.2, 0.25) is 0 Å². The van der Waals surface area contributed by atoms with E-state index >= 15 is 0 Å². The number of nitrogens with one attached hydrogen (secondary N) is 2. The number of fused-ring (bicyclic) bond motifs is 1. The molecule has 1 saturated carbocycles. The minimum atomic E-state index is 0.560. The molecular weight excluding hydrogens is 338 g/mol. The number of hydrogen-bond acceptors (Lipinski definition) is 5. The summed E-state index contributed by atoms with van der Waals surface area (Å²) >= 11 is 0. The van der Waals surface area contributed by atoms with Crippen molar-refractivity contribution in [3.8, 4) is 11.3 Å². The highest BCUT2D eigenvalue weighted by atomic mass is 15.3. The van der Waals surface area contributed by atoms with Crippen LogP contribution in [0.5, 0.6) is 0 Å². The Morgan fingerprint density at radius 2 is 1.85 bits per heavy atom.